The second-order valence-corrected chi connectivity index (χ2v) is 5.88. The fourth-order valence-electron chi connectivity index (χ4n) is 2.83. The Kier molecular flexibility index (Phi) is 9.13. The second-order valence-electron chi connectivity index (χ2n) is 5.88. The van der Waals surface area contributed by atoms with Crippen LogP contribution in [-0.4, -0.2) is 11.1 Å². The zero-order valence-corrected chi connectivity index (χ0v) is 12.8. The molecule has 0 radical (unpaired) electrons. The number of hydrogen-bond acceptors (Lipinski definition) is 1. The smallest absolute Gasteiger partial charge is 0.309 e. The van der Waals surface area contributed by atoms with Gasteiger partial charge in [0.2, 0.25) is 0 Å². The lowest BCUT2D eigenvalue weighted by Crippen LogP contribution is -2.36. The Bertz CT molecular complexity index is 223. The topological polar surface area (TPSA) is 37.3 Å². The van der Waals surface area contributed by atoms with Crippen molar-refractivity contribution in [1.82, 2.24) is 0 Å². The maximum absolute atomic E-state index is 11.6. The molecule has 0 spiro atoms. The Morgan fingerprint density at radius 3 is 1.94 bits per heavy atom. The molecule has 0 aromatic heterocycles. The molecule has 0 aliphatic carbocycles. The lowest BCUT2D eigenvalue weighted by atomic mass is 9.70. The van der Waals surface area contributed by atoms with E-state index in [1.54, 1.807) is 0 Å². The van der Waals surface area contributed by atoms with Crippen LogP contribution < -0.4 is 0 Å². The molecular weight excluding hydrogens is 224 g/mol. The Balaban J connectivity index is 4.20. The minimum Gasteiger partial charge on any atom is -0.481 e. The normalized spacial score (nSPS) is 14.7. The van der Waals surface area contributed by atoms with E-state index in [9.17, 15) is 9.90 Å². The fraction of sp³-hybridized carbons (Fsp3) is 0.938. The van der Waals surface area contributed by atoms with Crippen molar-refractivity contribution in [3.8, 4) is 0 Å². The molecule has 1 unspecified atom stereocenters. The Morgan fingerprint density at radius 2 is 1.50 bits per heavy atom. The van der Waals surface area contributed by atoms with Gasteiger partial charge in [0.1, 0.15) is 0 Å². The van der Waals surface area contributed by atoms with E-state index in [0.29, 0.717) is 0 Å². The second kappa shape index (κ2) is 9.41. The number of carboxylic acids is 1. The van der Waals surface area contributed by atoms with Crippen LogP contribution in [0.3, 0.4) is 0 Å². The van der Waals surface area contributed by atoms with Crippen molar-refractivity contribution in [2.24, 2.45) is 11.3 Å². The molecule has 0 rings (SSSR count). The molecule has 0 aromatic carbocycles. The van der Waals surface area contributed by atoms with Gasteiger partial charge in [-0.2, -0.15) is 0 Å². The van der Waals surface area contributed by atoms with Crippen molar-refractivity contribution in [3.05, 3.63) is 0 Å². The minimum absolute atomic E-state index is 0.227. The summed E-state index contributed by atoms with van der Waals surface area (Å²) < 4.78 is 0. The summed E-state index contributed by atoms with van der Waals surface area (Å²) in [6, 6.07) is 0. The van der Waals surface area contributed by atoms with Gasteiger partial charge in [-0.05, 0) is 18.8 Å². The van der Waals surface area contributed by atoms with Crippen molar-refractivity contribution >= 4 is 5.97 Å². The number of hydrogen-bond donors (Lipinski definition) is 1. The molecule has 108 valence electrons. The molecule has 0 aliphatic heterocycles. The number of carbonyl (C=O) groups is 1. The summed E-state index contributed by atoms with van der Waals surface area (Å²) in [5, 5.41) is 9.57. The zero-order valence-electron chi connectivity index (χ0n) is 12.8. The van der Waals surface area contributed by atoms with E-state index >= 15 is 0 Å². The van der Waals surface area contributed by atoms with Gasteiger partial charge in [-0.25, -0.2) is 0 Å². The highest BCUT2D eigenvalue weighted by molar-refractivity contribution is 5.74. The average Bonchev–Trinajstić information content (AvgIpc) is 2.31. The van der Waals surface area contributed by atoms with Crippen LogP contribution in [0.2, 0.25) is 0 Å². The van der Waals surface area contributed by atoms with Crippen molar-refractivity contribution < 1.29 is 9.90 Å². The molecule has 2 heteroatoms. The van der Waals surface area contributed by atoms with Gasteiger partial charge in [0.05, 0.1) is 5.41 Å². The van der Waals surface area contributed by atoms with Crippen LogP contribution >= 0.6 is 0 Å². The Labute approximate surface area is 113 Å². The van der Waals surface area contributed by atoms with Crippen molar-refractivity contribution in [2.45, 2.75) is 85.5 Å². The number of aliphatic carboxylic acids is 1. The third-order valence-corrected chi connectivity index (χ3v) is 4.20. The molecule has 0 fully saturated rings. The monoisotopic (exact) mass is 256 g/mol. The molecule has 18 heavy (non-hydrogen) atoms. The van der Waals surface area contributed by atoms with E-state index < -0.39 is 11.4 Å². The largest absolute Gasteiger partial charge is 0.481 e. The van der Waals surface area contributed by atoms with Crippen LogP contribution in [0.15, 0.2) is 0 Å². The average molecular weight is 256 g/mol. The van der Waals surface area contributed by atoms with Crippen LogP contribution in [0.5, 0.6) is 0 Å². The van der Waals surface area contributed by atoms with Gasteiger partial charge in [0, 0.05) is 0 Å². The fourth-order valence-corrected chi connectivity index (χ4v) is 2.83. The predicted octanol–water partition coefficient (Wildman–Crippen LogP) is 5.26. The molecule has 0 saturated heterocycles. The van der Waals surface area contributed by atoms with Gasteiger partial charge in [-0.15, -0.1) is 0 Å². The number of carboxylic acid groups (broad SMARTS) is 1. The maximum atomic E-state index is 11.6. The van der Waals surface area contributed by atoms with Crippen LogP contribution in [0, 0.1) is 11.3 Å². The first-order chi connectivity index (χ1) is 8.51. The maximum Gasteiger partial charge on any atom is 0.309 e. The Hall–Kier alpha value is -0.530. The van der Waals surface area contributed by atoms with Gasteiger partial charge in [-0.1, -0.05) is 72.6 Å². The minimum atomic E-state index is -0.590. The van der Waals surface area contributed by atoms with Crippen molar-refractivity contribution in [1.29, 1.82) is 0 Å². The summed E-state index contributed by atoms with van der Waals surface area (Å²) in [5.74, 6) is -0.363. The van der Waals surface area contributed by atoms with Gasteiger partial charge in [0.25, 0.3) is 0 Å². The summed E-state index contributed by atoms with van der Waals surface area (Å²) >= 11 is 0. The quantitative estimate of drug-likeness (QED) is 0.512. The van der Waals surface area contributed by atoms with Gasteiger partial charge in [0.15, 0.2) is 0 Å². The molecular formula is C16H32O2. The zero-order chi connectivity index (χ0) is 14.0. The van der Waals surface area contributed by atoms with Gasteiger partial charge >= 0.3 is 5.97 Å². The predicted molar refractivity (Wildman–Crippen MR) is 77.8 cm³/mol. The van der Waals surface area contributed by atoms with E-state index in [4.69, 9.17) is 0 Å². The van der Waals surface area contributed by atoms with E-state index in [0.717, 1.165) is 25.7 Å². The van der Waals surface area contributed by atoms with Gasteiger partial charge < -0.3 is 5.11 Å². The standard InChI is InChI=1S/C16H32O2/c1-5-7-8-9-10-11-13-16(12-6-2,14(3)4)15(17)18/h14H,5-13H2,1-4H3,(H,17,18). The lowest BCUT2D eigenvalue weighted by Gasteiger charge is -2.33. The molecule has 0 amide bonds. The molecule has 0 aromatic rings. The third-order valence-electron chi connectivity index (χ3n) is 4.20. The number of unbranched alkanes of at least 4 members (excludes halogenated alkanes) is 5. The molecule has 0 heterocycles. The highest BCUT2D eigenvalue weighted by atomic mass is 16.4. The van der Waals surface area contributed by atoms with Crippen molar-refractivity contribution in [2.75, 3.05) is 0 Å². The summed E-state index contributed by atoms with van der Waals surface area (Å²) in [6.45, 7) is 8.42. The third kappa shape index (κ3) is 5.41. The molecule has 0 saturated carbocycles. The van der Waals surface area contributed by atoms with Crippen LogP contribution in [0.1, 0.15) is 85.5 Å². The van der Waals surface area contributed by atoms with E-state index in [1.807, 2.05) is 0 Å². The first kappa shape index (κ1) is 17.5. The van der Waals surface area contributed by atoms with Gasteiger partial charge in [-0.3, -0.25) is 4.79 Å². The highest BCUT2D eigenvalue weighted by Gasteiger charge is 2.39. The van der Waals surface area contributed by atoms with Crippen LogP contribution in [0.4, 0.5) is 0 Å². The molecule has 0 aliphatic rings. The first-order valence-corrected chi connectivity index (χ1v) is 7.74. The Morgan fingerprint density at radius 1 is 0.944 bits per heavy atom. The number of rotatable bonds is 11. The van der Waals surface area contributed by atoms with E-state index in [1.165, 1.54) is 32.1 Å². The molecule has 1 N–H and O–H groups in total. The molecule has 1 atom stereocenters. The van der Waals surface area contributed by atoms with E-state index in [-0.39, 0.29) is 5.92 Å². The summed E-state index contributed by atoms with van der Waals surface area (Å²) in [4.78, 5) is 11.6. The summed E-state index contributed by atoms with van der Waals surface area (Å²) in [6.07, 6.45) is 10.00. The SMILES string of the molecule is CCCCCCCCC(CCC)(C(=O)O)C(C)C. The van der Waals surface area contributed by atoms with Crippen molar-refractivity contribution in [3.63, 3.8) is 0 Å². The van der Waals surface area contributed by atoms with E-state index in [2.05, 4.69) is 27.7 Å². The molecule has 2 nitrogen and oxygen atoms in total. The summed E-state index contributed by atoms with van der Waals surface area (Å²) in [5.41, 5.74) is -0.487. The molecule has 0 bridgehead atoms. The van der Waals surface area contributed by atoms with Crippen LogP contribution in [-0.2, 0) is 4.79 Å². The highest BCUT2D eigenvalue weighted by Crippen LogP contribution is 2.38. The lowest BCUT2D eigenvalue weighted by molar-refractivity contribution is -0.153. The summed E-state index contributed by atoms with van der Waals surface area (Å²) in [7, 11) is 0. The first-order valence-electron chi connectivity index (χ1n) is 7.74. The van der Waals surface area contributed by atoms with Crippen LogP contribution in [0.25, 0.3) is 0 Å².